The average molecular weight is 216 g/mol. The van der Waals surface area contributed by atoms with Crippen LogP contribution in [-0.4, -0.2) is 33.1 Å². The van der Waals surface area contributed by atoms with Gasteiger partial charge in [-0.25, -0.2) is 0 Å². The molecule has 13 heavy (non-hydrogen) atoms. The van der Waals surface area contributed by atoms with Gasteiger partial charge in [-0.05, 0) is 0 Å². The van der Waals surface area contributed by atoms with Crippen LogP contribution >= 0.6 is 17.9 Å². The molecule has 8 heteroatoms. The van der Waals surface area contributed by atoms with Gasteiger partial charge in [0, 0.05) is 0 Å². The molecule has 1 rings (SSSR count). The van der Waals surface area contributed by atoms with Crippen molar-refractivity contribution in [2.75, 3.05) is 0 Å². The first kappa shape index (κ1) is 11.5. The van der Waals surface area contributed by atoms with Crippen LogP contribution in [0.15, 0.2) is 0 Å². The second-order valence-electron chi connectivity index (χ2n) is 2.90. The molecular formula is C5H8B2O4P2. The molecule has 1 aliphatic carbocycles. The zero-order valence-electron chi connectivity index (χ0n) is 6.83. The van der Waals surface area contributed by atoms with Crippen LogP contribution < -0.4 is 0 Å². The first-order chi connectivity index (χ1) is 6.28. The Morgan fingerprint density at radius 3 is 2.69 bits per heavy atom. The van der Waals surface area contributed by atoms with E-state index in [4.69, 9.17) is 12.6 Å². The van der Waals surface area contributed by atoms with Crippen molar-refractivity contribution < 1.29 is 18.4 Å². The van der Waals surface area contributed by atoms with Crippen LogP contribution in [0.4, 0.5) is 0 Å². The molecule has 0 aromatic heterocycles. The normalized spacial score (nSPS) is 39.2. The molecule has 4 nitrogen and oxygen atoms in total. The zero-order valence-corrected chi connectivity index (χ0v) is 8.88. The van der Waals surface area contributed by atoms with Crippen molar-refractivity contribution in [3.63, 3.8) is 0 Å². The fraction of sp³-hybridized carbons (Fsp3) is 1.00. The van der Waals surface area contributed by atoms with Gasteiger partial charge in [-0.2, -0.15) is 0 Å². The summed E-state index contributed by atoms with van der Waals surface area (Å²) < 4.78 is 31.0. The molecule has 68 valence electrons. The van der Waals surface area contributed by atoms with Crippen molar-refractivity contribution in [1.82, 2.24) is 0 Å². The van der Waals surface area contributed by atoms with Gasteiger partial charge in [-0.3, -0.25) is 0 Å². The van der Waals surface area contributed by atoms with Crippen molar-refractivity contribution in [3.05, 3.63) is 0 Å². The molecular weight excluding hydrogens is 208 g/mol. The molecule has 5 atom stereocenters. The number of hydrogen-bond donors (Lipinski definition) is 0. The Morgan fingerprint density at radius 1 is 1.62 bits per heavy atom. The van der Waals surface area contributed by atoms with Gasteiger partial charge in [0.2, 0.25) is 0 Å². The Balaban J connectivity index is 2.76. The van der Waals surface area contributed by atoms with Crippen LogP contribution in [0.3, 0.4) is 0 Å². The zero-order chi connectivity index (χ0) is 9.84. The third-order valence-electron chi connectivity index (χ3n) is 2.29. The summed E-state index contributed by atoms with van der Waals surface area (Å²) >= 11 is 0. The standard InChI is InChI=1S/C5H8B2O4P2/c6-10-2-1-3(13-9)4(7-8)5(2)11-12/h2-5H,1,12H2/t2-,3+,4+,5-/m1/s1. The summed E-state index contributed by atoms with van der Waals surface area (Å²) in [5.74, 6) is -0.412. The van der Waals surface area contributed by atoms with Crippen molar-refractivity contribution in [1.29, 1.82) is 0 Å². The van der Waals surface area contributed by atoms with Crippen LogP contribution in [0.1, 0.15) is 6.42 Å². The third-order valence-corrected chi connectivity index (χ3v) is 3.43. The van der Waals surface area contributed by atoms with E-state index >= 15 is 0 Å². The van der Waals surface area contributed by atoms with Crippen LogP contribution in [0.25, 0.3) is 0 Å². The number of hydrogen-bond acceptors (Lipinski definition) is 4. The van der Waals surface area contributed by atoms with Crippen LogP contribution in [0.2, 0.25) is 5.82 Å². The Morgan fingerprint density at radius 2 is 2.31 bits per heavy atom. The van der Waals surface area contributed by atoms with Crippen LogP contribution in [0.5, 0.6) is 0 Å². The summed E-state index contributed by atoms with van der Waals surface area (Å²) in [7, 11) is 7.76. The molecule has 0 aromatic carbocycles. The molecule has 0 heterocycles. The average Bonchev–Trinajstić information content (AvgIpc) is 2.54. The van der Waals surface area contributed by atoms with Gasteiger partial charge >= 0.3 is 81.7 Å². The second kappa shape index (κ2) is 5.31. The topological polar surface area (TPSA) is 52.6 Å². The molecule has 0 amide bonds. The quantitative estimate of drug-likeness (QED) is 0.507. The molecule has 0 N–H and O–H groups in total. The van der Waals surface area contributed by atoms with E-state index in [9.17, 15) is 9.27 Å². The molecule has 0 aromatic rings. The Hall–Kier alpha value is 0.380. The SMILES string of the molecule is [B]O[C@@H]1C[C@H](P=O)[C@H](B=O)[C@@H]1OP. The molecule has 0 saturated heterocycles. The molecule has 0 aliphatic heterocycles. The molecule has 2 radical (unpaired) electrons. The molecule has 0 bridgehead atoms. The molecule has 1 aliphatic rings. The Labute approximate surface area is 82.3 Å². The second-order valence-corrected chi connectivity index (χ2v) is 4.04. The summed E-state index contributed by atoms with van der Waals surface area (Å²) in [5.41, 5.74) is -0.253. The van der Waals surface area contributed by atoms with Crippen molar-refractivity contribution in [3.8, 4) is 0 Å². The van der Waals surface area contributed by atoms with E-state index < -0.39 is 11.9 Å². The van der Waals surface area contributed by atoms with E-state index in [0.29, 0.717) is 6.42 Å². The van der Waals surface area contributed by atoms with Crippen molar-refractivity contribution in [2.24, 2.45) is 0 Å². The summed E-state index contributed by atoms with van der Waals surface area (Å²) in [6.07, 6.45) is -0.303. The minimum atomic E-state index is -0.418. The maximum atomic E-state index is 10.7. The van der Waals surface area contributed by atoms with Gasteiger partial charge in [-0.15, -0.1) is 0 Å². The van der Waals surface area contributed by atoms with E-state index in [1.165, 1.54) is 0 Å². The first-order valence-electron chi connectivity index (χ1n) is 3.77. The maximum absolute atomic E-state index is 10.7. The fourth-order valence-corrected chi connectivity index (χ4v) is 2.62. The van der Waals surface area contributed by atoms with E-state index in [2.05, 4.69) is 14.1 Å². The van der Waals surface area contributed by atoms with Crippen LogP contribution in [0, 0.1) is 0 Å². The molecule has 0 spiro atoms. The van der Waals surface area contributed by atoms with E-state index in [1.54, 1.807) is 0 Å². The summed E-state index contributed by atoms with van der Waals surface area (Å²) in [5, 5.41) is 0. The van der Waals surface area contributed by atoms with Gasteiger partial charge in [0.15, 0.2) is 0 Å². The summed E-state index contributed by atoms with van der Waals surface area (Å²) in [6, 6.07) is 0. The molecule has 1 saturated carbocycles. The Bertz CT molecular complexity index is 205. The van der Waals surface area contributed by atoms with E-state index in [1.807, 2.05) is 0 Å². The minimum absolute atomic E-state index is 0.0661. The predicted molar refractivity (Wildman–Crippen MR) is 51.4 cm³/mol. The van der Waals surface area contributed by atoms with Gasteiger partial charge < -0.3 is 0 Å². The predicted octanol–water partition coefficient (Wildman–Crippen LogP) is 0.533. The van der Waals surface area contributed by atoms with Crippen LogP contribution in [-0.2, 0) is 18.4 Å². The van der Waals surface area contributed by atoms with Gasteiger partial charge in [-0.1, -0.05) is 0 Å². The van der Waals surface area contributed by atoms with Crippen molar-refractivity contribution in [2.45, 2.75) is 30.1 Å². The van der Waals surface area contributed by atoms with Gasteiger partial charge in [0.1, 0.15) is 0 Å². The van der Waals surface area contributed by atoms with Gasteiger partial charge in [0.25, 0.3) is 0 Å². The molecule has 1 fully saturated rings. The van der Waals surface area contributed by atoms with E-state index in [-0.39, 0.29) is 20.2 Å². The van der Waals surface area contributed by atoms with Crippen molar-refractivity contribution >= 4 is 33.1 Å². The summed E-state index contributed by atoms with van der Waals surface area (Å²) in [6.45, 7) is 0. The third kappa shape index (κ3) is 2.24. The Kier molecular flexibility index (Phi) is 4.68. The monoisotopic (exact) mass is 216 g/mol. The fourth-order valence-electron chi connectivity index (χ4n) is 1.59. The van der Waals surface area contributed by atoms with Gasteiger partial charge in [0.05, 0.1) is 0 Å². The number of rotatable bonds is 4. The molecule has 1 unspecified atom stereocenters. The first-order valence-corrected chi connectivity index (χ1v) is 5.12. The van der Waals surface area contributed by atoms with E-state index in [0.717, 1.165) is 7.15 Å². The summed E-state index contributed by atoms with van der Waals surface area (Å²) in [4.78, 5) is 0.